The number of hydrogen-bond donors (Lipinski definition) is 2. The lowest BCUT2D eigenvalue weighted by Crippen LogP contribution is -2.48. The summed E-state index contributed by atoms with van der Waals surface area (Å²) in [6.45, 7) is 3.49. The third-order valence-electron chi connectivity index (χ3n) is 3.48. The molecule has 1 aromatic heterocycles. The molecular formula is C13H19ClFN3O4. The van der Waals surface area contributed by atoms with Crippen LogP contribution in [0.15, 0.2) is 17.1 Å². The summed E-state index contributed by atoms with van der Waals surface area (Å²) < 4.78 is 26.4. The van der Waals surface area contributed by atoms with Gasteiger partial charge >= 0.3 is 5.69 Å². The fourth-order valence-electron chi connectivity index (χ4n) is 2.23. The molecule has 22 heavy (non-hydrogen) atoms. The molecule has 0 aromatic carbocycles. The Balaban J connectivity index is 2.30. The molecule has 3 N–H and O–H groups in total. The molecule has 0 amide bonds. The van der Waals surface area contributed by atoms with Crippen molar-refractivity contribution in [1.29, 1.82) is 0 Å². The summed E-state index contributed by atoms with van der Waals surface area (Å²) in [5.41, 5.74) is 3.20. The molecule has 1 aliphatic rings. The lowest BCUT2D eigenvalue weighted by Gasteiger charge is -2.30. The largest absolute Gasteiger partial charge is 0.387 e. The van der Waals surface area contributed by atoms with E-state index >= 15 is 0 Å². The number of halogens is 2. The van der Waals surface area contributed by atoms with Gasteiger partial charge in [0.2, 0.25) is 0 Å². The smallest absolute Gasteiger partial charge is 0.351 e. The number of anilines is 1. The third-order valence-corrected chi connectivity index (χ3v) is 3.93. The monoisotopic (exact) mass is 335 g/mol. The molecule has 0 spiro atoms. The number of alkyl halides is 2. The number of nitrogen functional groups attached to an aromatic ring is 1. The first-order valence-electron chi connectivity index (χ1n) is 6.83. The Hall–Kier alpha value is -1.22. The number of aromatic nitrogens is 2. The summed E-state index contributed by atoms with van der Waals surface area (Å²) in [5, 5.41) is 10.2. The Morgan fingerprint density at radius 2 is 2.36 bits per heavy atom. The minimum atomic E-state index is -1.85. The summed E-state index contributed by atoms with van der Waals surface area (Å²) >= 11 is 5.87. The summed E-state index contributed by atoms with van der Waals surface area (Å²) in [6.07, 6.45) is -3.60. The number of nitrogens with zero attached hydrogens (tertiary/aromatic N) is 2. The van der Waals surface area contributed by atoms with Crippen molar-refractivity contribution in [1.82, 2.24) is 9.55 Å². The van der Waals surface area contributed by atoms with Crippen LogP contribution in [0.4, 0.5) is 10.2 Å². The fourth-order valence-corrected chi connectivity index (χ4v) is 2.53. The van der Waals surface area contributed by atoms with Crippen molar-refractivity contribution in [2.45, 2.75) is 44.1 Å². The van der Waals surface area contributed by atoms with Crippen molar-refractivity contribution in [3.63, 3.8) is 0 Å². The molecule has 1 saturated heterocycles. The van der Waals surface area contributed by atoms with E-state index in [-0.39, 0.29) is 24.4 Å². The Labute approximate surface area is 131 Å². The summed E-state index contributed by atoms with van der Waals surface area (Å²) in [4.78, 5) is 15.3. The molecule has 0 aliphatic carbocycles. The molecule has 1 aromatic rings. The highest BCUT2D eigenvalue weighted by Crippen LogP contribution is 2.39. The van der Waals surface area contributed by atoms with Crippen LogP contribution in [-0.2, 0) is 9.47 Å². The first-order valence-corrected chi connectivity index (χ1v) is 7.36. The minimum absolute atomic E-state index is 0.0157. The molecule has 2 rings (SSSR count). The third kappa shape index (κ3) is 3.10. The lowest BCUT2D eigenvalue weighted by atomic mass is 9.99. The summed E-state index contributed by atoms with van der Waals surface area (Å²) in [5.74, 6) is -0.170. The molecule has 4 atom stereocenters. The normalized spacial score (nSPS) is 31.8. The topological polar surface area (TPSA) is 99.6 Å². The van der Waals surface area contributed by atoms with Crippen LogP contribution >= 0.6 is 11.6 Å². The van der Waals surface area contributed by atoms with Gasteiger partial charge in [-0.1, -0.05) is 0 Å². The van der Waals surface area contributed by atoms with Crippen molar-refractivity contribution < 1.29 is 19.0 Å². The zero-order valence-electron chi connectivity index (χ0n) is 12.3. The predicted molar refractivity (Wildman–Crippen MR) is 78.5 cm³/mol. The molecule has 1 fully saturated rings. The number of nitrogens with two attached hydrogens (primary N) is 1. The van der Waals surface area contributed by atoms with E-state index < -0.39 is 29.8 Å². The van der Waals surface area contributed by atoms with E-state index in [0.717, 1.165) is 4.57 Å². The molecule has 9 heteroatoms. The molecular weight excluding hydrogens is 317 g/mol. The zero-order chi connectivity index (χ0) is 16.5. The van der Waals surface area contributed by atoms with Gasteiger partial charge in [0.25, 0.3) is 0 Å². The van der Waals surface area contributed by atoms with Crippen LogP contribution in [0.1, 0.15) is 20.1 Å². The molecule has 0 saturated carbocycles. The van der Waals surface area contributed by atoms with Gasteiger partial charge in [0, 0.05) is 6.20 Å². The molecule has 0 radical (unpaired) electrons. The van der Waals surface area contributed by atoms with Crippen LogP contribution in [0, 0.1) is 0 Å². The van der Waals surface area contributed by atoms with Gasteiger partial charge in [-0.15, -0.1) is 11.6 Å². The van der Waals surface area contributed by atoms with Crippen LogP contribution in [-0.4, -0.2) is 51.1 Å². The van der Waals surface area contributed by atoms with Crippen LogP contribution in [0.5, 0.6) is 0 Å². The molecule has 124 valence electrons. The van der Waals surface area contributed by atoms with E-state index in [1.165, 1.54) is 12.3 Å². The van der Waals surface area contributed by atoms with Crippen molar-refractivity contribution in [2.75, 3.05) is 18.2 Å². The van der Waals surface area contributed by atoms with E-state index in [1.54, 1.807) is 13.8 Å². The van der Waals surface area contributed by atoms with E-state index in [1.807, 2.05) is 0 Å². The highest BCUT2D eigenvalue weighted by atomic mass is 35.5. The van der Waals surface area contributed by atoms with Gasteiger partial charge in [0.1, 0.15) is 17.5 Å². The van der Waals surface area contributed by atoms with E-state index in [0.29, 0.717) is 0 Å². The summed E-state index contributed by atoms with van der Waals surface area (Å²) in [6, 6.07) is 1.34. The Morgan fingerprint density at radius 3 is 2.91 bits per heavy atom. The Bertz CT molecular complexity index is 585. The average Bonchev–Trinajstić information content (AvgIpc) is 2.71. The van der Waals surface area contributed by atoms with Crippen molar-refractivity contribution >= 4 is 17.4 Å². The molecule has 1 aliphatic heterocycles. The quantitative estimate of drug-likeness (QED) is 0.758. The maximum absolute atomic E-state index is 14.4. The zero-order valence-corrected chi connectivity index (χ0v) is 13.0. The SMILES string of the molecule is CC(C)OC[C@@]1(CCl)O[C@@H](n2ccc(N)nc2=O)[C@H](F)[C@@H]1O. The van der Waals surface area contributed by atoms with E-state index in [2.05, 4.69) is 4.98 Å². The number of ether oxygens (including phenoxy) is 2. The molecule has 0 unspecified atom stereocenters. The minimum Gasteiger partial charge on any atom is -0.387 e. The van der Waals surface area contributed by atoms with E-state index in [9.17, 15) is 14.3 Å². The van der Waals surface area contributed by atoms with Crippen LogP contribution in [0.25, 0.3) is 0 Å². The van der Waals surface area contributed by atoms with Crippen molar-refractivity contribution in [3.8, 4) is 0 Å². The fraction of sp³-hybridized carbons (Fsp3) is 0.692. The second kappa shape index (κ2) is 6.49. The van der Waals surface area contributed by atoms with E-state index in [4.69, 9.17) is 26.8 Å². The Morgan fingerprint density at radius 1 is 1.68 bits per heavy atom. The van der Waals surface area contributed by atoms with Gasteiger partial charge in [-0.3, -0.25) is 4.57 Å². The maximum Gasteiger partial charge on any atom is 0.351 e. The summed E-state index contributed by atoms with van der Waals surface area (Å²) in [7, 11) is 0. The van der Waals surface area contributed by atoms with Gasteiger partial charge in [-0.2, -0.15) is 4.98 Å². The van der Waals surface area contributed by atoms with Gasteiger partial charge in [-0.05, 0) is 19.9 Å². The van der Waals surface area contributed by atoms with Crippen LogP contribution in [0.2, 0.25) is 0 Å². The van der Waals surface area contributed by atoms with Crippen LogP contribution < -0.4 is 11.4 Å². The first-order chi connectivity index (χ1) is 10.3. The standard InChI is InChI=1S/C13H19ClFN3O4/c1-7(2)21-6-13(5-14)10(19)9(15)11(22-13)18-4-3-8(16)17-12(18)20/h3-4,7,9-11,19H,5-6H2,1-2H3,(H2,16,17,20)/t9-,10+,11-,13-/m1/s1. The van der Waals surface area contributed by atoms with Gasteiger partial charge in [0.05, 0.1) is 18.6 Å². The van der Waals surface area contributed by atoms with Gasteiger partial charge < -0.3 is 20.3 Å². The number of aliphatic hydroxyl groups is 1. The van der Waals surface area contributed by atoms with Crippen molar-refractivity contribution in [2.24, 2.45) is 0 Å². The second-order valence-corrected chi connectivity index (χ2v) is 5.77. The Kier molecular flexibility index (Phi) is 5.06. The highest BCUT2D eigenvalue weighted by Gasteiger charge is 2.56. The number of aliphatic hydroxyl groups excluding tert-OH is 1. The van der Waals surface area contributed by atoms with Gasteiger partial charge in [0.15, 0.2) is 12.4 Å². The highest BCUT2D eigenvalue weighted by molar-refractivity contribution is 6.18. The maximum atomic E-state index is 14.4. The van der Waals surface area contributed by atoms with Crippen molar-refractivity contribution in [3.05, 3.63) is 22.7 Å². The predicted octanol–water partition coefficient (Wildman–Crippen LogP) is 0.456. The van der Waals surface area contributed by atoms with Gasteiger partial charge in [-0.25, -0.2) is 9.18 Å². The molecule has 7 nitrogen and oxygen atoms in total. The molecule has 0 bridgehead atoms. The lowest BCUT2D eigenvalue weighted by molar-refractivity contribution is -0.136. The number of hydrogen-bond acceptors (Lipinski definition) is 6. The molecule has 2 heterocycles. The average molecular weight is 336 g/mol. The van der Waals surface area contributed by atoms with Crippen LogP contribution in [0.3, 0.4) is 0 Å². The first kappa shape index (κ1) is 17.1. The second-order valence-electron chi connectivity index (χ2n) is 5.50. The number of rotatable bonds is 5.